The highest BCUT2D eigenvalue weighted by Gasteiger charge is 2.18. The Bertz CT molecular complexity index is 1140. The van der Waals surface area contributed by atoms with Crippen molar-refractivity contribution in [2.24, 2.45) is 0 Å². The number of hydrogen-bond donors (Lipinski definition) is 1. The van der Waals surface area contributed by atoms with Gasteiger partial charge < -0.3 is 5.32 Å². The molecule has 0 aliphatic heterocycles. The molecule has 0 fully saturated rings. The van der Waals surface area contributed by atoms with E-state index in [4.69, 9.17) is 0 Å². The number of aromatic nitrogens is 2. The number of rotatable bonds is 4. The van der Waals surface area contributed by atoms with Crippen LogP contribution < -0.4 is 5.32 Å². The van der Waals surface area contributed by atoms with E-state index in [0.717, 1.165) is 0 Å². The summed E-state index contributed by atoms with van der Waals surface area (Å²) >= 11 is 0. The number of nitrogens with one attached hydrogen (secondary N) is 1. The minimum absolute atomic E-state index is 0.0873. The van der Waals surface area contributed by atoms with Crippen LogP contribution in [-0.2, 0) is 0 Å². The Hall–Kier alpha value is -3.80. The third-order valence-corrected chi connectivity index (χ3v) is 4.22. The molecule has 4 aromatic rings. The molecule has 4 nitrogen and oxygen atoms in total. The highest BCUT2D eigenvalue weighted by atomic mass is 19.1. The normalized spacial score (nSPS) is 10.6. The van der Waals surface area contributed by atoms with Crippen molar-refractivity contribution in [1.29, 1.82) is 0 Å². The van der Waals surface area contributed by atoms with E-state index in [1.807, 2.05) is 18.2 Å². The molecule has 6 heteroatoms. The van der Waals surface area contributed by atoms with Crippen molar-refractivity contribution in [2.75, 3.05) is 5.32 Å². The molecular weight excluding hydrogens is 360 g/mol. The van der Waals surface area contributed by atoms with E-state index in [9.17, 15) is 13.6 Å². The topological polar surface area (TPSA) is 46.9 Å². The summed E-state index contributed by atoms with van der Waals surface area (Å²) in [6, 6.07) is 22.6. The molecule has 1 heterocycles. The lowest BCUT2D eigenvalue weighted by Gasteiger charge is -2.09. The molecule has 4 rings (SSSR count). The zero-order valence-corrected chi connectivity index (χ0v) is 14.6. The Morgan fingerprint density at radius 2 is 1.46 bits per heavy atom. The average molecular weight is 375 g/mol. The van der Waals surface area contributed by atoms with E-state index in [1.54, 1.807) is 42.5 Å². The van der Waals surface area contributed by atoms with Crippen molar-refractivity contribution in [3.8, 4) is 16.9 Å². The third kappa shape index (κ3) is 3.40. The minimum atomic E-state index is -0.625. The largest absolute Gasteiger partial charge is 0.306 e. The molecule has 0 saturated carbocycles. The van der Waals surface area contributed by atoms with Gasteiger partial charge in [-0.15, -0.1) is 0 Å². The first-order valence-corrected chi connectivity index (χ1v) is 8.60. The van der Waals surface area contributed by atoms with Crippen molar-refractivity contribution >= 4 is 11.7 Å². The predicted octanol–water partition coefficient (Wildman–Crippen LogP) is 5.07. The van der Waals surface area contributed by atoms with Crippen molar-refractivity contribution in [1.82, 2.24) is 9.78 Å². The zero-order valence-electron chi connectivity index (χ0n) is 14.6. The van der Waals surface area contributed by atoms with Gasteiger partial charge in [0.15, 0.2) is 0 Å². The highest BCUT2D eigenvalue weighted by molar-refractivity contribution is 6.04. The second-order valence-electron chi connectivity index (χ2n) is 6.08. The van der Waals surface area contributed by atoms with E-state index in [-0.39, 0.29) is 5.56 Å². The van der Waals surface area contributed by atoms with Gasteiger partial charge >= 0.3 is 0 Å². The molecule has 138 valence electrons. The maximum absolute atomic E-state index is 14.2. The van der Waals surface area contributed by atoms with Gasteiger partial charge in [-0.25, -0.2) is 13.5 Å². The van der Waals surface area contributed by atoms with E-state index in [2.05, 4.69) is 10.4 Å². The number of hydrogen-bond acceptors (Lipinski definition) is 2. The SMILES string of the molecule is O=C(Nc1cc(-c2ccccc2F)nn1-c1ccccc1)c1ccccc1F. The van der Waals surface area contributed by atoms with Gasteiger partial charge in [0, 0.05) is 11.6 Å². The van der Waals surface area contributed by atoms with Crippen molar-refractivity contribution in [3.05, 3.63) is 102 Å². The summed E-state index contributed by atoms with van der Waals surface area (Å²) in [6.07, 6.45) is 0. The molecule has 0 atom stereocenters. The van der Waals surface area contributed by atoms with Crippen molar-refractivity contribution in [3.63, 3.8) is 0 Å². The molecule has 0 aliphatic carbocycles. The smallest absolute Gasteiger partial charge is 0.259 e. The van der Waals surface area contributed by atoms with Gasteiger partial charge in [-0.3, -0.25) is 4.79 Å². The van der Waals surface area contributed by atoms with Gasteiger partial charge in [-0.2, -0.15) is 5.10 Å². The highest BCUT2D eigenvalue weighted by Crippen LogP contribution is 2.27. The lowest BCUT2D eigenvalue weighted by atomic mass is 10.1. The van der Waals surface area contributed by atoms with E-state index < -0.39 is 17.5 Å². The van der Waals surface area contributed by atoms with Crippen molar-refractivity contribution < 1.29 is 13.6 Å². The summed E-state index contributed by atoms with van der Waals surface area (Å²) in [6.45, 7) is 0. The summed E-state index contributed by atoms with van der Waals surface area (Å²) in [4.78, 5) is 12.6. The van der Waals surface area contributed by atoms with Crippen LogP contribution in [0.3, 0.4) is 0 Å². The van der Waals surface area contributed by atoms with Crippen LogP contribution in [0.1, 0.15) is 10.4 Å². The Morgan fingerprint density at radius 1 is 0.821 bits per heavy atom. The number of benzene rings is 3. The van der Waals surface area contributed by atoms with Gasteiger partial charge in [0.1, 0.15) is 17.5 Å². The Labute approximate surface area is 160 Å². The zero-order chi connectivity index (χ0) is 19.5. The average Bonchev–Trinajstić information content (AvgIpc) is 3.12. The quantitative estimate of drug-likeness (QED) is 0.541. The maximum Gasteiger partial charge on any atom is 0.259 e. The van der Waals surface area contributed by atoms with E-state index in [0.29, 0.717) is 22.8 Å². The molecule has 3 aromatic carbocycles. The fourth-order valence-electron chi connectivity index (χ4n) is 2.87. The number of para-hydroxylation sites is 1. The predicted molar refractivity (Wildman–Crippen MR) is 103 cm³/mol. The lowest BCUT2D eigenvalue weighted by molar-refractivity contribution is 0.102. The maximum atomic E-state index is 14.2. The molecule has 0 bridgehead atoms. The lowest BCUT2D eigenvalue weighted by Crippen LogP contribution is -2.16. The fraction of sp³-hybridized carbons (Fsp3) is 0. The number of halogens is 2. The van der Waals surface area contributed by atoms with Crippen LogP contribution in [0.4, 0.5) is 14.6 Å². The Balaban J connectivity index is 1.78. The van der Waals surface area contributed by atoms with Gasteiger partial charge in [0.05, 0.1) is 16.9 Å². The second-order valence-corrected chi connectivity index (χ2v) is 6.08. The fourth-order valence-corrected chi connectivity index (χ4v) is 2.87. The Morgan fingerprint density at radius 3 is 2.18 bits per heavy atom. The molecule has 0 saturated heterocycles. The van der Waals surface area contributed by atoms with Crippen molar-refractivity contribution in [2.45, 2.75) is 0 Å². The van der Waals surface area contributed by atoms with E-state index in [1.165, 1.54) is 28.9 Å². The number of carbonyl (C=O) groups excluding carboxylic acids is 1. The summed E-state index contributed by atoms with van der Waals surface area (Å²) in [5, 5.41) is 7.12. The summed E-state index contributed by atoms with van der Waals surface area (Å²) in [7, 11) is 0. The summed E-state index contributed by atoms with van der Waals surface area (Å²) in [5.74, 6) is -1.36. The molecule has 0 spiro atoms. The van der Waals surface area contributed by atoms with Gasteiger partial charge in [-0.05, 0) is 36.4 Å². The molecule has 28 heavy (non-hydrogen) atoms. The monoisotopic (exact) mass is 375 g/mol. The Kier molecular flexibility index (Phi) is 4.68. The van der Waals surface area contributed by atoms with Gasteiger partial charge in [0.25, 0.3) is 5.91 Å². The first-order valence-electron chi connectivity index (χ1n) is 8.60. The molecule has 1 N–H and O–H groups in total. The number of carbonyl (C=O) groups is 1. The van der Waals surface area contributed by atoms with Crippen LogP contribution in [0.25, 0.3) is 16.9 Å². The first-order chi connectivity index (χ1) is 13.6. The summed E-state index contributed by atoms with van der Waals surface area (Å²) < 4.78 is 29.7. The molecule has 1 amide bonds. The van der Waals surface area contributed by atoms with E-state index >= 15 is 0 Å². The molecule has 0 radical (unpaired) electrons. The number of anilines is 1. The van der Waals surface area contributed by atoms with Crippen LogP contribution in [0, 0.1) is 11.6 Å². The summed E-state index contributed by atoms with van der Waals surface area (Å²) in [5.41, 5.74) is 1.24. The molecule has 0 unspecified atom stereocenters. The minimum Gasteiger partial charge on any atom is -0.306 e. The number of amides is 1. The third-order valence-electron chi connectivity index (χ3n) is 4.22. The van der Waals surface area contributed by atoms with Crippen LogP contribution >= 0.6 is 0 Å². The van der Waals surface area contributed by atoms with Gasteiger partial charge in [-0.1, -0.05) is 42.5 Å². The first kappa shape index (κ1) is 17.6. The second kappa shape index (κ2) is 7.44. The molecule has 0 aliphatic rings. The molecule has 1 aromatic heterocycles. The standard InChI is InChI=1S/C22H15F2N3O/c23-18-12-6-4-10-16(18)20-14-21(27(26-20)15-8-2-1-3-9-15)25-22(28)17-11-5-7-13-19(17)24/h1-14H,(H,25,28). The van der Waals surface area contributed by atoms with Crippen LogP contribution in [0.2, 0.25) is 0 Å². The van der Waals surface area contributed by atoms with Crippen LogP contribution in [0.5, 0.6) is 0 Å². The van der Waals surface area contributed by atoms with Gasteiger partial charge in [0.2, 0.25) is 0 Å². The van der Waals surface area contributed by atoms with Crippen LogP contribution in [0.15, 0.2) is 84.9 Å². The van der Waals surface area contributed by atoms with Crippen LogP contribution in [-0.4, -0.2) is 15.7 Å². The molecular formula is C22H15F2N3O. The number of nitrogens with zero attached hydrogens (tertiary/aromatic N) is 2.